The van der Waals surface area contributed by atoms with E-state index in [0.29, 0.717) is 0 Å². The van der Waals surface area contributed by atoms with Gasteiger partial charge in [-0.05, 0) is 18.6 Å². The van der Waals surface area contributed by atoms with Gasteiger partial charge in [0.25, 0.3) is 5.69 Å². The quantitative estimate of drug-likeness (QED) is 0.523. The van der Waals surface area contributed by atoms with Crippen molar-refractivity contribution in [2.75, 3.05) is 0 Å². The van der Waals surface area contributed by atoms with Crippen molar-refractivity contribution in [2.45, 2.75) is 11.8 Å². The maximum Gasteiger partial charge on any atom is 0.336 e. The van der Waals surface area contributed by atoms with E-state index in [0.717, 1.165) is 18.2 Å². The summed E-state index contributed by atoms with van der Waals surface area (Å²) in [5.74, 6) is -1.56. The van der Waals surface area contributed by atoms with Gasteiger partial charge in [-0.15, -0.1) is 0 Å². The second-order valence-electron chi connectivity index (χ2n) is 3.31. The highest BCUT2D eigenvalue weighted by atomic mass is 79.9. The van der Waals surface area contributed by atoms with E-state index >= 15 is 0 Å². The van der Waals surface area contributed by atoms with Gasteiger partial charge in [0.15, 0.2) is 0 Å². The third-order valence-electron chi connectivity index (χ3n) is 2.11. The maximum atomic E-state index is 11.2. The van der Waals surface area contributed by atoms with E-state index in [-0.39, 0.29) is 22.6 Å². The Morgan fingerprint density at radius 2 is 2.06 bits per heavy atom. The molecule has 0 aliphatic rings. The van der Waals surface area contributed by atoms with E-state index in [1.54, 1.807) is 0 Å². The highest BCUT2D eigenvalue weighted by Gasteiger charge is 2.23. The molecule has 6 nitrogen and oxygen atoms in total. The van der Waals surface area contributed by atoms with Crippen LogP contribution in [0, 0.1) is 10.1 Å². The number of rotatable bonds is 4. The number of non-ortho nitro benzene ring substituents is 1. The first-order valence-electron chi connectivity index (χ1n) is 4.50. The summed E-state index contributed by atoms with van der Waals surface area (Å²) in [5, 5.41) is 19.5. The van der Waals surface area contributed by atoms with Crippen molar-refractivity contribution in [3.8, 4) is 0 Å². The summed E-state index contributed by atoms with van der Waals surface area (Å²) < 4.78 is 0. The summed E-state index contributed by atoms with van der Waals surface area (Å²) in [6.45, 7) is 1.27. The zero-order chi connectivity index (χ0) is 13.2. The Labute approximate surface area is 105 Å². The molecule has 0 saturated carbocycles. The van der Waals surface area contributed by atoms with Crippen molar-refractivity contribution in [1.82, 2.24) is 0 Å². The van der Waals surface area contributed by atoms with Crippen LogP contribution in [0.2, 0.25) is 0 Å². The minimum Gasteiger partial charge on any atom is -0.478 e. The number of benzene rings is 1. The number of hydrogen-bond donors (Lipinski definition) is 1. The fourth-order valence-corrected chi connectivity index (χ4v) is 1.67. The number of carboxylic acid groups (broad SMARTS) is 1. The van der Waals surface area contributed by atoms with E-state index < -0.39 is 15.7 Å². The van der Waals surface area contributed by atoms with Crippen molar-refractivity contribution in [3.05, 3.63) is 39.4 Å². The van der Waals surface area contributed by atoms with Crippen molar-refractivity contribution in [3.63, 3.8) is 0 Å². The normalized spacial score (nSPS) is 11.9. The predicted octanol–water partition coefficient (Wildman–Crippen LogP) is 2.32. The minimum absolute atomic E-state index is 0.0826. The van der Waals surface area contributed by atoms with Crippen molar-refractivity contribution in [2.24, 2.45) is 0 Å². The fourth-order valence-electron chi connectivity index (χ4n) is 1.29. The lowest BCUT2D eigenvalue weighted by Crippen LogP contribution is -2.09. The molecule has 1 atom stereocenters. The van der Waals surface area contributed by atoms with Gasteiger partial charge in [-0.2, -0.15) is 0 Å². The molecule has 0 amide bonds. The molecule has 0 aromatic heterocycles. The molecule has 0 radical (unpaired) electrons. The maximum absolute atomic E-state index is 11.2. The summed E-state index contributed by atoms with van der Waals surface area (Å²) in [6.07, 6.45) is 0. The number of alkyl halides is 1. The molecule has 7 heteroatoms. The van der Waals surface area contributed by atoms with Gasteiger partial charge in [0.1, 0.15) is 5.78 Å². The number of carboxylic acids is 1. The van der Waals surface area contributed by atoms with Crippen LogP contribution in [0.5, 0.6) is 0 Å². The molecule has 0 fully saturated rings. The second kappa shape index (κ2) is 5.05. The number of hydrogen-bond acceptors (Lipinski definition) is 4. The Kier molecular flexibility index (Phi) is 3.95. The van der Waals surface area contributed by atoms with Crippen LogP contribution in [0.3, 0.4) is 0 Å². The Morgan fingerprint density at radius 1 is 1.47 bits per heavy atom. The number of carbonyl (C=O) groups excluding carboxylic acids is 1. The topological polar surface area (TPSA) is 97.5 Å². The third-order valence-corrected chi connectivity index (χ3v) is 3.24. The average molecular weight is 302 g/mol. The van der Waals surface area contributed by atoms with Crippen molar-refractivity contribution < 1.29 is 19.6 Å². The van der Waals surface area contributed by atoms with Crippen LogP contribution in [0.4, 0.5) is 5.69 Å². The molecule has 0 spiro atoms. The molecule has 0 heterocycles. The van der Waals surface area contributed by atoms with E-state index in [1.165, 1.54) is 6.92 Å². The predicted molar refractivity (Wildman–Crippen MR) is 62.4 cm³/mol. The SMILES string of the molecule is CC(=O)C(Br)c1cc([N+](=O)[O-])ccc1C(=O)O. The second-order valence-corrected chi connectivity index (χ2v) is 4.22. The molecule has 0 aliphatic carbocycles. The number of nitrogens with zero attached hydrogens (tertiary/aromatic N) is 1. The molecule has 0 saturated heterocycles. The molecule has 17 heavy (non-hydrogen) atoms. The van der Waals surface area contributed by atoms with E-state index in [9.17, 15) is 19.7 Å². The summed E-state index contributed by atoms with van der Waals surface area (Å²) in [5.41, 5.74) is -0.303. The first-order valence-corrected chi connectivity index (χ1v) is 5.42. The van der Waals surface area contributed by atoms with Gasteiger partial charge < -0.3 is 5.11 Å². The van der Waals surface area contributed by atoms with Crippen LogP contribution < -0.4 is 0 Å². The third kappa shape index (κ3) is 2.88. The fraction of sp³-hybridized carbons (Fsp3) is 0.200. The molecule has 90 valence electrons. The largest absolute Gasteiger partial charge is 0.478 e. The van der Waals surface area contributed by atoms with E-state index in [1.807, 2.05) is 0 Å². The van der Waals surface area contributed by atoms with Crippen LogP contribution in [-0.4, -0.2) is 21.8 Å². The monoisotopic (exact) mass is 301 g/mol. The Morgan fingerprint density at radius 3 is 2.47 bits per heavy atom. The van der Waals surface area contributed by atoms with Crippen molar-refractivity contribution >= 4 is 33.4 Å². The first kappa shape index (κ1) is 13.3. The van der Waals surface area contributed by atoms with E-state index in [4.69, 9.17) is 5.11 Å². The molecule has 1 rings (SSSR count). The summed E-state index contributed by atoms with van der Waals surface area (Å²) in [6, 6.07) is 3.30. The summed E-state index contributed by atoms with van der Waals surface area (Å²) in [7, 11) is 0. The zero-order valence-corrected chi connectivity index (χ0v) is 10.3. The minimum atomic E-state index is -1.24. The summed E-state index contributed by atoms with van der Waals surface area (Å²) >= 11 is 3.02. The summed E-state index contributed by atoms with van der Waals surface area (Å²) in [4.78, 5) is 31.2. The van der Waals surface area contributed by atoms with Gasteiger partial charge in [-0.3, -0.25) is 14.9 Å². The smallest absolute Gasteiger partial charge is 0.336 e. The highest BCUT2D eigenvalue weighted by Crippen LogP contribution is 2.30. The van der Waals surface area contributed by atoms with Crippen LogP contribution in [0.1, 0.15) is 27.7 Å². The van der Waals surface area contributed by atoms with Crippen LogP contribution in [-0.2, 0) is 4.79 Å². The number of aromatic carboxylic acids is 1. The Balaban J connectivity index is 3.40. The molecule has 0 bridgehead atoms. The van der Waals surface area contributed by atoms with Gasteiger partial charge >= 0.3 is 5.97 Å². The number of halogens is 1. The van der Waals surface area contributed by atoms with E-state index in [2.05, 4.69) is 15.9 Å². The molecule has 0 aliphatic heterocycles. The van der Waals surface area contributed by atoms with Gasteiger partial charge in [0, 0.05) is 12.1 Å². The Bertz CT molecular complexity index is 499. The van der Waals surface area contributed by atoms with Gasteiger partial charge in [0.2, 0.25) is 0 Å². The molecule has 1 aromatic rings. The van der Waals surface area contributed by atoms with Gasteiger partial charge in [0.05, 0.1) is 15.3 Å². The molecule has 1 unspecified atom stereocenters. The van der Waals surface area contributed by atoms with Crippen molar-refractivity contribution in [1.29, 1.82) is 0 Å². The first-order chi connectivity index (χ1) is 7.84. The lowest BCUT2D eigenvalue weighted by atomic mass is 10.0. The lowest BCUT2D eigenvalue weighted by molar-refractivity contribution is -0.384. The van der Waals surface area contributed by atoms with Crippen LogP contribution in [0.25, 0.3) is 0 Å². The number of nitro benzene ring substituents is 1. The van der Waals surface area contributed by atoms with Gasteiger partial charge in [-0.25, -0.2) is 4.79 Å². The zero-order valence-electron chi connectivity index (χ0n) is 8.71. The molecule has 1 N–H and O–H groups in total. The standard InChI is InChI=1S/C10H8BrNO5/c1-5(13)9(11)8-4-6(12(16)17)2-3-7(8)10(14)15/h2-4,9H,1H3,(H,14,15). The lowest BCUT2D eigenvalue weighted by Gasteiger charge is -2.09. The number of nitro groups is 1. The highest BCUT2D eigenvalue weighted by molar-refractivity contribution is 9.09. The molecular weight excluding hydrogens is 294 g/mol. The molecular formula is C10H8BrNO5. The van der Waals surface area contributed by atoms with Crippen LogP contribution in [0.15, 0.2) is 18.2 Å². The number of ketones is 1. The average Bonchev–Trinajstić information content (AvgIpc) is 2.26. The number of Topliss-reactive ketones (excluding diaryl/α,β-unsaturated/α-hetero) is 1. The number of carbonyl (C=O) groups is 2. The Hall–Kier alpha value is -1.76. The van der Waals surface area contributed by atoms with Gasteiger partial charge in [-0.1, -0.05) is 15.9 Å². The molecule has 1 aromatic carbocycles. The van der Waals surface area contributed by atoms with Crippen LogP contribution >= 0.6 is 15.9 Å².